The van der Waals surface area contributed by atoms with Crippen molar-refractivity contribution in [3.05, 3.63) is 41.7 Å². The highest BCUT2D eigenvalue weighted by molar-refractivity contribution is 5.63. The minimum absolute atomic E-state index is 0.425. The van der Waals surface area contributed by atoms with E-state index in [2.05, 4.69) is 38.6 Å². The molecule has 20 heavy (non-hydrogen) atoms. The van der Waals surface area contributed by atoms with E-state index in [-0.39, 0.29) is 0 Å². The number of fused-ring (bicyclic) bond motifs is 2. The third-order valence-corrected chi connectivity index (χ3v) is 3.64. The zero-order valence-corrected chi connectivity index (χ0v) is 10.9. The van der Waals surface area contributed by atoms with Gasteiger partial charge in [0.05, 0.1) is 0 Å². The SMILES string of the molecule is Nc1cc(Nc2ccc3c(c2)CCC3)n2ncnc2n1. The van der Waals surface area contributed by atoms with Crippen LogP contribution in [0.25, 0.3) is 5.78 Å². The highest BCUT2D eigenvalue weighted by Gasteiger charge is 2.12. The molecule has 0 aliphatic heterocycles. The fourth-order valence-electron chi connectivity index (χ4n) is 2.72. The van der Waals surface area contributed by atoms with Crippen molar-refractivity contribution in [2.75, 3.05) is 11.1 Å². The van der Waals surface area contributed by atoms with Gasteiger partial charge in [0.2, 0.25) is 0 Å². The molecule has 0 fully saturated rings. The van der Waals surface area contributed by atoms with Gasteiger partial charge in [-0.05, 0) is 42.5 Å². The maximum Gasteiger partial charge on any atom is 0.256 e. The van der Waals surface area contributed by atoms with Gasteiger partial charge in [-0.25, -0.2) is 0 Å². The molecule has 2 heterocycles. The van der Waals surface area contributed by atoms with Crippen LogP contribution in [-0.2, 0) is 12.8 Å². The van der Waals surface area contributed by atoms with E-state index in [1.807, 2.05) is 0 Å². The molecule has 1 aromatic carbocycles. The lowest BCUT2D eigenvalue weighted by molar-refractivity contribution is 0.912. The van der Waals surface area contributed by atoms with Crippen molar-refractivity contribution in [3.8, 4) is 0 Å². The summed E-state index contributed by atoms with van der Waals surface area (Å²) in [7, 11) is 0. The van der Waals surface area contributed by atoms with Gasteiger partial charge in [0, 0.05) is 11.8 Å². The molecule has 6 nitrogen and oxygen atoms in total. The highest BCUT2D eigenvalue weighted by Crippen LogP contribution is 2.26. The van der Waals surface area contributed by atoms with Gasteiger partial charge in [-0.1, -0.05) is 6.07 Å². The van der Waals surface area contributed by atoms with Crippen molar-refractivity contribution in [2.24, 2.45) is 0 Å². The Bertz CT molecular complexity index is 791. The molecule has 4 rings (SSSR count). The fourth-order valence-corrected chi connectivity index (χ4v) is 2.72. The number of nitrogens with zero attached hydrogens (tertiary/aromatic N) is 4. The molecule has 3 aromatic rings. The molecule has 0 atom stereocenters. The first-order valence-electron chi connectivity index (χ1n) is 6.65. The van der Waals surface area contributed by atoms with Crippen LogP contribution in [0.2, 0.25) is 0 Å². The quantitative estimate of drug-likeness (QED) is 0.740. The van der Waals surface area contributed by atoms with Gasteiger partial charge in [0.25, 0.3) is 5.78 Å². The standard InChI is InChI=1S/C14H14N6/c15-12-7-13(20-14(19-12)16-8-17-20)18-11-5-4-9-2-1-3-10(9)6-11/h4-8,18H,1-3H2,(H2,15,16,17,19). The molecule has 0 spiro atoms. The minimum Gasteiger partial charge on any atom is -0.383 e. The van der Waals surface area contributed by atoms with Gasteiger partial charge in [-0.3, -0.25) is 0 Å². The molecular formula is C14H14N6. The molecule has 0 unspecified atom stereocenters. The Balaban J connectivity index is 1.75. The molecule has 0 saturated carbocycles. The maximum atomic E-state index is 5.80. The molecule has 1 aliphatic carbocycles. The van der Waals surface area contributed by atoms with Crippen LogP contribution in [0.15, 0.2) is 30.6 Å². The van der Waals surface area contributed by atoms with Crippen LogP contribution in [0.1, 0.15) is 17.5 Å². The Kier molecular flexibility index (Phi) is 2.35. The predicted octanol–water partition coefficient (Wildman–Crippen LogP) is 1.94. The van der Waals surface area contributed by atoms with Crippen molar-refractivity contribution in [1.29, 1.82) is 0 Å². The number of anilines is 3. The zero-order valence-electron chi connectivity index (χ0n) is 10.9. The Labute approximate surface area is 115 Å². The molecule has 2 aromatic heterocycles. The molecule has 100 valence electrons. The summed E-state index contributed by atoms with van der Waals surface area (Å²) in [6, 6.07) is 8.23. The number of benzene rings is 1. The van der Waals surface area contributed by atoms with E-state index in [1.165, 1.54) is 30.3 Å². The minimum atomic E-state index is 0.425. The fraction of sp³-hybridized carbons (Fsp3) is 0.214. The first-order valence-corrected chi connectivity index (χ1v) is 6.65. The number of aryl methyl sites for hydroxylation is 2. The van der Waals surface area contributed by atoms with E-state index in [0.29, 0.717) is 11.6 Å². The number of nitrogens with one attached hydrogen (secondary N) is 1. The van der Waals surface area contributed by atoms with Gasteiger partial charge in [-0.15, -0.1) is 0 Å². The van der Waals surface area contributed by atoms with E-state index in [9.17, 15) is 0 Å². The Morgan fingerprint density at radius 1 is 1.15 bits per heavy atom. The third-order valence-electron chi connectivity index (χ3n) is 3.64. The molecule has 3 N–H and O–H groups in total. The van der Waals surface area contributed by atoms with Crippen LogP contribution in [-0.4, -0.2) is 19.6 Å². The average molecular weight is 266 g/mol. The largest absolute Gasteiger partial charge is 0.383 e. The van der Waals surface area contributed by atoms with Crippen LogP contribution in [0, 0.1) is 0 Å². The summed E-state index contributed by atoms with van der Waals surface area (Å²) in [5.41, 5.74) is 9.71. The van der Waals surface area contributed by atoms with E-state index in [0.717, 1.165) is 17.9 Å². The van der Waals surface area contributed by atoms with Gasteiger partial charge in [-0.2, -0.15) is 19.6 Å². The Morgan fingerprint density at radius 3 is 3.00 bits per heavy atom. The number of hydrogen-bond donors (Lipinski definition) is 2. The van der Waals surface area contributed by atoms with Gasteiger partial charge < -0.3 is 11.1 Å². The van der Waals surface area contributed by atoms with Gasteiger partial charge in [0.15, 0.2) is 0 Å². The lowest BCUT2D eigenvalue weighted by Gasteiger charge is -2.10. The molecule has 0 bridgehead atoms. The first kappa shape index (κ1) is 11.2. The van der Waals surface area contributed by atoms with Crippen molar-refractivity contribution in [3.63, 3.8) is 0 Å². The summed E-state index contributed by atoms with van der Waals surface area (Å²) < 4.78 is 1.64. The summed E-state index contributed by atoms with van der Waals surface area (Å²) in [6.07, 6.45) is 5.05. The van der Waals surface area contributed by atoms with Crippen molar-refractivity contribution in [2.45, 2.75) is 19.3 Å². The van der Waals surface area contributed by atoms with Crippen molar-refractivity contribution in [1.82, 2.24) is 19.6 Å². The van der Waals surface area contributed by atoms with E-state index in [1.54, 1.807) is 10.6 Å². The highest BCUT2D eigenvalue weighted by atomic mass is 15.4. The van der Waals surface area contributed by atoms with Gasteiger partial charge >= 0.3 is 0 Å². The number of nitrogens with two attached hydrogens (primary N) is 1. The van der Waals surface area contributed by atoms with Crippen LogP contribution < -0.4 is 11.1 Å². The molecule has 0 amide bonds. The number of hydrogen-bond acceptors (Lipinski definition) is 5. The van der Waals surface area contributed by atoms with Crippen LogP contribution >= 0.6 is 0 Å². The molecule has 6 heteroatoms. The van der Waals surface area contributed by atoms with E-state index in [4.69, 9.17) is 5.73 Å². The molecule has 0 saturated heterocycles. The topological polar surface area (TPSA) is 81.1 Å². The summed E-state index contributed by atoms with van der Waals surface area (Å²) in [5.74, 6) is 1.69. The summed E-state index contributed by atoms with van der Waals surface area (Å²) in [4.78, 5) is 8.18. The third kappa shape index (κ3) is 1.77. The van der Waals surface area contributed by atoms with E-state index < -0.39 is 0 Å². The zero-order chi connectivity index (χ0) is 13.5. The number of rotatable bonds is 2. The molecule has 1 aliphatic rings. The average Bonchev–Trinajstić information content (AvgIpc) is 3.05. The van der Waals surface area contributed by atoms with E-state index >= 15 is 0 Å². The Hall–Kier alpha value is -2.63. The second-order valence-corrected chi connectivity index (χ2v) is 5.00. The summed E-state index contributed by atoms with van der Waals surface area (Å²) in [5, 5.41) is 7.50. The smallest absolute Gasteiger partial charge is 0.256 e. The lowest BCUT2D eigenvalue weighted by Crippen LogP contribution is -2.04. The van der Waals surface area contributed by atoms with Crippen LogP contribution in [0.4, 0.5) is 17.3 Å². The lowest BCUT2D eigenvalue weighted by atomic mass is 10.1. The Morgan fingerprint density at radius 2 is 2.05 bits per heavy atom. The summed E-state index contributed by atoms with van der Waals surface area (Å²) >= 11 is 0. The summed E-state index contributed by atoms with van der Waals surface area (Å²) in [6.45, 7) is 0. The second-order valence-electron chi connectivity index (χ2n) is 5.00. The van der Waals surface area contributed by atoms with Crippen molar-refractivity contribution >= 4 is 23.1 Å². The van der Waals surface area contributed by atoms with Crippen LogP contribution in [0.5, 0.6) is 0 Å². The first-order chi connectivity index (χ1) is 9.79. The van der Waals surface area contributed by atoms with Crippen molar-refractivity contribution < 1.29 is 0 Å². The second kappa shape index (κ2) is 4.19. The molecular weight excluding hydrogens is 252 g/mol. The predicted molar refractivity (Wildman–Crippen MR) is 76.9 cm³/mol. The monoisotopic (exact) mass is 266 g/mol. The van der Waals surface area contributed by atoms with Gasteiger partial charge in [0.1, 0.15) is 18.0 Å². The maximum absolute atomic E-state index is 5.80. The number of aromatic nitrogens is 4. The normalized spacial score (nSPS) is 13.6. The van der Waals surface area contributed by atoms with Crippen LogP contribution in [0.3, 0.4) is 0 Å². The number of nitrogen functional groups attached to an aromatic ring is 1. The molecule has 0 radical (unpaired) electrons.